The molecule has 1 unspecified atom stereocenters. The van der Waals surface area contributed by atoms with Crippen molar-refractivity contribution in [2.45, 2.75) is 32.4 Å². The minimum absolute atomic E-state index is 0.145. The maximum Gasteiger partial charge on any atom is 0.256 e. The summed E-state index contributed by atoms with van der Waals surface area (Å²) >= 11 is 5.33. The number of aromatic nitrogens is 1. The lowest BCUT2D eigenvalue weighted by Crippen LogP contribution is -2.40. The number of hydrogen-bond donors (Lipinski definition) is 0. The summed E-state index contributed by atoms with van der Waals surface area (Å²) < 4.78 is 28.9. The average Bonchev–Trinajstić information content (AvgIpc) is 3.45. The summed E-state index contributed by atoms with van der Waals surface area (Å²) in [5.74, 6) is 0.800. The fraction of sp³-hybridized carbons (Fsp3) is 0.296. The number of methoxy groups -OCH3 is 2. The van der Waals surface area contributed by atoms with E-state index in [2.05, 4.69) is 21.3 Å². The maximum absolute atomic E-state index is 15.0. The van der Waals surface area contributed by atoms with Crippen molar-refractivity contribution >= 4 is 44.1 Å². The number of benzene rings is 2. The van der Waals surface area contributed by atoms with Crippen LogP contribution in [0, 0.1) is 5.82 Å². The van der Waals surface area contributed by atoms with E-state index in [1.807, 2.05) is 40.7 Å². The predicted octanol–water partition coefficient (Wildman–Crippen LogP) is 6.62. The number of nitrogens with zero attached hydrogens (tertiary/aromatic N) is 2. The van der Waals surface area contributed by atoms with Gasteiger partial charge in [-0.15, -0.1) is 11.3 Å². The molecule has 1 amide bonds. The van der Waals surface area contributed by atoms with E-state index in [1.165, 1.54) is 11.6 Å². The van der Waals surface area contributed by atoms with Gasteiger partial charge in [0.15, 0.2) is 11.5 Å². The summed E-state index contributed by atoms with van der Waals surface area (Å²) in [5.41, 5.74) is 3.43. The van der Waals surface area contributed by atoms with Crippen LogP contribution in [0.1, 0.15) is 39.3 Å². The molecule has 0 bridgehead atoms. The lowest BCUT2D eigenvalue weighted by Gasteiger charge is -2.36. The Bertz CT molecular complexity index is 1410. The van der Waals surface area contributed by atoms with Crippen LogP contribution in [0.15, 0.2) is 52.4 Å². The van der Waals surface area contributed by atoms with E-state index in [4.69, 9.17) is 9.47 Å². The van der Waals surface area contributed by atoms with Gasteiger partial charge in [0.05, 0.1) is 31.3 Å². The average molecular weight is 557 g/mol. The van der Waals surface area contributed by atoms with E-state index in [9.17, 15) is 9.18 Å². The molecule has 2 aromatic heterocycles. The van der Waals surface area contributed by atoms with E-state index in [1.54, 1.807) is 37.8 Å². The third kappa shape index (κ3) is 4.12. The first-order chi connectivity index (χ1) is 17.0. The van der Waals surface area contributed by atoms with E-state index < -0.39 is 0 Å². The van der Waals surface area contributed by atoms with Gasteiger partial charge < -0.3 is 18.9 Å². The molecule has 4 aromatic rings. The largest absolute Gasteiger partial charge is 0.493 e. The molecule has 1 aliphatic rings. The first-order valence-corrected chi connectivity index (χ1v) is 13.2. The Morgan fingerprint density at radius 3 is 2.74 bits per heavy atom. The molecule has 3 heterocycles. The summed E-state index contributed by atoms with van der Waals surface area (Å²) in [6.45, 7) is 3.21. The lowest BCUT2D eigenvalue weighted by molar-refractivity contribution is 0.0666. The van der Waals surface area contributed by atoms with Gasteiger partial charge in [-0.1, -0.05) is 12.1 Å². The minimum atomic E-state index is -0.369. The van der Waals surface area contributed by atoms with Crippen molar-refractivity contribution in [3.63, 3.8) is 0 Å². The summed E-state index contributed by atoms with van der Waals surface area (Å²) in [6, 6.07) is 10.7. The molecule has 0 radical (unpaired) electrons. The van der Waals surface area contributed by atoms with Gasteiger partial charge in [0.1, 0.15) is 5.82 Å². The number of thiophene rings is 1. The zero-order valence-corrected chi connectivity index (χ0v) is 22.2. The van der Waals surface area contributed by atoms with Crippen molar-refractivity contribution < 1.29 is 18.7 Å². The number of carbonyl (C=O) groups excluding carboxylic acids is 1. The highest BCUT2D eigenvalue weighted by Crippen LogP contribution is 2.42. The Hall–Kier alpha value is -2.84. The Morgan fingerprint density at radius 1 is 1.20 bits per heavy atom. The summed E-state index contributed by atoms with van der Waals surface area (Å²) in [6.07, 6.45) is 3.16. The van der Waals surface area contributed by atoms with Crippen molar-refractivity contribution in [2.24, 2.45) is 0 Å². The van der Waals surface area contributed by atoms with Gasteiger partial charge in [0.25, 0.3) is 5.91 Å². The molecule has 0 fully saturated rings. The van der Waals surface area contributed by atoms with Gasteiger partial charge >= 0.3 is 0 Å². The molecule has 0 saturated carbocycles. The number of carbonyl (C=O) groups is 1. The summed E-state index contributed by atoms with van der Waals surface area (Å²) in [7, 11) is 3.23. The van der Waals surface area contributed by atoms with E-state index in [-0.39, 0.29) is 17.8 Å². The maximum atomic E-state index is 15.0. The van der Waals surface area contributed by atoms with Crippen LogP contribution in [0.5, 0.6) is 11.5 Å². The lowest BCUT2D eigenvalue weighted by atomic mass is 9.94. The monoisotopic (exact) mass is 556 g/mol. The van der Waals surface area contributed by atoms with Crippen LogP contribution in [0.25, 0.3) is 10.9 Å². The molecule has 8 heteroatoms. The van der Waals surface area contributed by atoms with Crippen LogP contribution in [-0.4, -0.2) is 36.1 Å². The number of ether oxygens (including phenoxy) is 2. The second-order valence-corrected chi connectivity index (χ2v) is 10.3. The number of amides is 1. The molecule has 0 saturated heterocycles. The highest BCUT2D eigenvalue weighted by Gasteiger charge is 2.35. The highest BCUT2D eigenvalue weighted by atomic mass is 79.9. The number of aryl methyl sites for hydroxylation is 1. The molecule has 0 spiro atoms. The van der Waals surface area contributed by atoms with Gasteiger partial charge in [-0.3, -0.25) is 4.79 Å². The molecule has 35 heavy (non-hydrogen) atoms. The molecule has 2 aromatic carbocycles. The SMILES string of the molecule is CCn1cc(C(=O)N2CCc3c(Br)csc3C2Cc2ccc(OC)c(OC)c2)c2c(F)cccc21. The zero-order chi connectivity index (χ0) is 24.7. The van der Waals surface area contributed by atoms with Crippen molar-refractivity contribution in [3.05, 3.63) is 79.8 Å². The van der Waals surface area contributed by atoms with Crippen LogP contribution in [-0.2, 0) is 19.4 Å². The molecule has 1 aliphatic heterocycles. The van der Waals surface area contributed by atoms with Crippen molar-refractivity contribution in [2.75, 3.05) is 20.8 Å². The Balaban J connectivity index is 1.58. The van der Waals surface area contributed by atoms with Crippen molar-refractivity contribution in [1.29, 1.82) is 0 Å². The first-order valence-electron chi connectivity index (χ1n) is 11.5. The van der Waals surface area contributed by atoms with Gasteiger partial charge in [0, 0.05) is 39.4 Å². The highest BCUT2D eigenvalue weighted by molar-refractivity contribution is 9.10. The molecule has 182 valence electrons. The smallest absolute Gasteiger partial charge is 0.256 e. The summed E-state index contributed by atoms with van der Waals surface area (Å²) in [5, 5.41) is 2.48. The second-order valence-electron chi connectivity index (χ2n) is 8.55. The van der Waals surface area contributed by atoms with Gasteiger partial charge in [-0.2, -0.15) is 0 Å². The zero-order valence-electron chi connectivity index (χ0n) is 19.8. The van der Waals surface area contributed by atoms with Gasteiger partial charge in [-0.25, -0.2) is 4.39 Å². The number of fused-ring (bicyclic) bond motifs is 2. The fourth-order valence-corrected chi connectivity index (χ4v) is 6.91. The molecule has 5 rings (SSSR count). The standard InChI is InChI=1S/C27H26BrFN2O3S/c1-4-30-14-18(25-20(29)6-5-7-21(25)30)27(32)31-11-10-17-19(28)15-35-26(17)22(31)12-16-8-9-23(33-2)24(13-16)34-3/h5-9,13-15,22H,4,10-12H2,1-3H3. The third-order valence-electron chi connectivity index (χ3n) is 6.72. The second kappa shape index (κ2) is 9.66. The molecule has 5 nitrogen and oxygen atoms in total. The van der Waals surface area contributed by atoms with E-state index in [0.29, 0.717) is 42.0 Å². The van der Waals surface area contributed by atoms with E-state index >= 15 is 0 Å². The predicted molar refractivity (Wildman–Crippen MR) is 140 cm³/mol. The molecule has 0 N–H and O–H groups in total. The third-order valence-corrected chi connectivity index (χ3v) is 8.86. The molecular weight excluding hydrogens is 531 g/mol. The molecular formula is C27H26BrFN2O3S. The Morgan fingerprint density at radius 2 is 2.00 bits per heavy atom. The quantitative estimate of drug-likeness (QED) is 0.268. The number of rotatable bonds is 6. The normalized spacial score (nSPS) is 15.3. The van der Waals surface area contributed by atoms with Crippen LogP contribution >= 0.6 is 27.3 Å². The number of hydrogen-bond acceptors (Lipinski definition) is 4. The van der Waals surface area contributed by atoms with Gasteiger partial charge in [0.2, 0.25) is 0 Å². The van der Waals surface area contributed by atoms with Crippen LogP contribution < -0.4 is 9.47 Å². The van der Waals surface area contributed by atoms with Crippen LogP contribution in [0.3, 0.4) is 0 Å². The first kappa shape index (κ1) is 23.9. The van der Waals surface area contributed by atoms with Gasteiger partial charge in [-0.05, 0) is 71.1 Å². The minimum Gasteiger partial charge on any atom is -0.493 e. The molecule has 1 atom stereocenters. The number of halogens is 2. The molecule has 0 aliphatic carbocycles. The van der Waals surface area contributed by atoms with Crippen molar-refractivity contribution in [3.8, 4) is 11.5 Å². The fourth-order valence-electron chi connectivity index (χ4n) is 4.99. The van der Waals surface area contributed by atoms with E-state index in [0.717, 1.165) is 26.9 Å². The summed E-state index contributed by atoms with van der Waals surface area (Å²) in [4.78, 5) is 17.1. The van der Waals surface area contributed by atoms with Crippen molar-refractivity contribution in [1.82, 2.24) is 9.47 Å². The Kier molecular flexibility index (Phi) is 6.59. The Labute approximate surface area is 216 Å². The van der Waals surface area contributed by atoms with Crippen LogP contribution in [0.4, 0.5) is 4.39 Å². The van der Waals surface area contributed by atoms with Crippen LogP contribution in [0.2, 0.25) is 0 Å². The topological polar surface area (TPSA) is 43.7 Å².